The van der Waals surface area contributed by atoms with Gasteiger partial charge in [-0.25, -0.2) is 4.79 Å². The van der Waals surface area contributed by atoms with Gasteiger partial charge < -0.3 is 16.2 Å². The van der Waals surface area contributed by atoms with E-state index in [-0.39, 0.29) is 10.6 Å². The number of hydrogen-bond donors (Lipinski definition) is 3. The zero-order chi connectivity index (χ0) is 13.7. The molecule has 0 fully saturated rings. The number of aliphatic carboxylic acids is 1. The van der Waals surface area contributed by atoms with Crippen molar-refractivity contribution < 1.29 is 19.5 Å². The Morgan fingerprint density at radius 1 is 1.50 bits per heavy atom. The molecule has 2 amide bonds. The summed E-state index contributed by atoms with van der Waals surface area (Å²) in [7, 11) is 0. The molecule has 4 N–H and O–H groups in total. The van der Waals surface area contributed by atoms with Crippen molar-refractivity contribution in [2.45, 2.75) is 12.5 Å². The first-order chi connectivity index (χ1) is 8.41. The monoisotopic (exact) mass is 271 g/mol. The smallest absolute Gasteiger partial charge is 0.326 e. The summed E-state index contributed by atoms with van der Waals surface area (Å²) < 4.78 is 0. The molecule has 8 heteroatoms. The Bertz CT molecular complexity index is 492. The number of nitrogens with zero attached hydrogens (tertiary/aromatic N) is 1. The Morgan fingerprint density at radius 3 is 2.67 bits per heavy atom. The summed E-state index contributed by atoms with van der Waals surface area (Å²) in [6.07, 6.45) is 2.08. The number of carbonyl (C=O) groups is 3. The number of nitrogens with two attached hydrogens (primary N) is 1. The molecule has 1 aromatic rings. The molecule has 0 radical (unpaired) electrons. The summed E-state index contributed by atoms with van der Waals surface area (Å²) in [5, 5.41) is 11.1. The molecule has 1 aromatic heterocycles. The van der Waals surface area contributed by atoms with Crippen LogP contribution < -0.4 is 11.1 Å². The second kappa shape index (κ2) is 5.97. The lowest BCUT2D eigenvalue weighted by Gasteiger charge is -2.13. The van der Waals surface area contributed by atoms with Gasteiger partial charge in [0, 0.05) is 12.4 Å². The van der Waals surface area contributed by atoms with E-state index in [1.54, 1.807) is 0 Å². The van der Waals surface area contributed by atoms with Crippen LogP contribution in [0.3, 0.4) is 0 Å². The molecule has 96 valence electrons. The van der Waals surface area contributed by atoms with E-state index in [1.807, 2.05) is 0 Å². The molecule has 0 saturated carbocycles. The normalized spacial score (nSPS) is 11.6. The predicted octanol–water partition coefficient (Wildman–Crippen LogP) is -0.207. The van der Waals surface area contributed by atoms with E-state index in [9.17, 15) is 14.4 Å². The molecule has 18 heavy (non-hydrogen) atoms. The highest BCUT2D eigenvalue weighted by molar-refractivity contribution is 6.33. The quantitative estimate of drug-likeness (QED) is 0.684. The molecular formula is C10H10ClN3O4. The van der Waals surface area contributed by atoms with Crippen LogP contribution in [-0.4, -0.2) is 33.9 Å². The highest BCUT2D eigenvalue weighted by atomic mass is 35.5. The van der Waals surface area contributed by atoms with Crippen LogP contribution in [0.2, 0.25) is 5.02 Å². The van der Waals surface area contributed by atoms with Gasteiger partial charge in [0.1, 0.15) is 6.04 Å². The first-order valence-corrected chi connectivity index (χ1v) is 5.21. The van der Waals surface area contributed by atoms with Crippen molar-refractivity contribution in [3.8, 4) is 0 Å². The summed E-state index contributed by atoms with van der Waals surface area (Å²) in [5.74, 6) is -2.93. The molecule has 1 rings (SSSR count). The Balaban J connectivity index is 2.82. The highest BCUT2D eigenvalue weighted by Crippen LogP contribution is 2.13. The van der Waals surface area contributed by atoms with E-state index in [0.717, 1.165) is 0 Å². The maximum atomic E-state index is 11.7. The Kier molecular flexibility index (Phi) is 4.61. The minimum Gasteiger partial charge on any atom is -0.480 e. The number of primary amides is 1. The van der Waals surface area contributed by atoms with Crippen LogP contribution in [0, 0.1) is 0 Å². The number of pyridine rings is 1. The standard InChI is InChI=1S/C10H10ClN3O4/c11-6-1-2-13-4-5(6)9(16)14-7(10(17)18)3-8(12)15/h1-2,4,7H,3H2,(H2,12,15)(H,14,16)(H,17,18)/t7-/m1/s1. The number of carboxylic acids is 1. The van der Waals surface area contributed by atoms with E-state index >= 15 is 0 Å². The number of rotatable bonds is 5. The van der Waals surface area contributed by atoms with Crippen molar-refractivity contribution in [1.29, 1.82) is 0 Å². The van der Waals surface area contributed by atoms with Crippen LogP contribution in [0.15, 0.2) is 18.5 Å². The molecule has 0 bridgehead atoms. The van der Waals surface area contributed by atoms with Gasteiger partial charge in [0.05, 0.1) is 17.0 Å². The van der Waals surface area contributed by atoms with Gasteiger partial charge in [-0.1, -0.05) is 11.6 Å². The minimum atomic E-state index is -1.40. The average Bonchev–Trinajstić information content (AvgIpc) is 2.27. The van der Waals surface area contributed by atoms with Crippen molar-refractivity contribution in [2.75, 3.05) is 0 Å². The number of aromatic nitrogens is 1. The summed E-state index contributed by atoms with van der Waals surface area (Å²) >= 11 is 5.75. The lowest BCUT2D eigenvalue weighted by molar-refractivity contribution is -0.140. The van der Waals surface area contributed by atoms with Crippen molar-refractivity contribution in [3.63, 3.8) is 0 Å². The highest BCUT2D eigenvalue weighted by Gasteiger charge is 2.23. The summed E-state index contributed by atoms with van der Waals surface area (Å²) in [6, 6.07) is -0.00776. The van der Waals surface area contributed by atoms with Crippen LogP contribution >= 0.6 is 11.6 Å². The van der Waals surface area contributed by atoms with Crippen LogP contribution in [0.25, 0.3) is 0 Å². The van der Waals surface area contributed by atoms with Crippen LogP contribution in [-0.2, 0) is 9.59 Å². The first-order valence-electron chi connectivity index (χ1n) is 4.83. The molecule has 1 heterocycles. The van der Waals surface area contributed by atoms with Crippen LogP contribution in [0.1, 0.15) is 16.8 Å². The zero-order valence-corrected chi connectivity index (χ0v) is 9.85. The third kappa shape index (κ3) is 3.70. The Morgan fingerprint density at radius 2 is 2.17 bits per heavy atom. The molecule has 1 atom stereocenters. The van der Waals surface area contributed by atoms with E-state index in [0.29, 0.717) is 0 Å². The molecule has 0 spiro atoms. The van der Waals surface area contributed by atoms with Gasteiger partial charge in [0.15, 0.2) is 0 Å². The van der Waals surface area contributed by atoms with Gasteiger partial charge in [-0.15, -0.1) is 0 Å². The molecule has 0 saturated heterocycles. The van der Waals surface area contributed by atoms with Crippen LogP contribution in [0.5, 0.6) is 0 Å². The fourth-order valence-electron chi connectivity index (χ4n) is 1.18. The Labute approximate surface area is 107 Å². The number of halogens is 1. The van der Waals surface area contributed by atoms with Gasteiger partial charge >= 0.3 is 5.97 Å². The largest absolute Gasteiger partial charge is 0.480 e. The van der Waals surface area contributed by atoms with Crippen molar-refractivity contribution in [1.82, 2.24) is 10.3 Å². The number of hydrogen-bond acceptors (Lipinski definition) is 4. The van der Waals surface area contributed by atoms with E-state index in [1.165, 1.54) is 18.5 Å². The summed E-state index contributed by atoms with van der Waals surface area (Å²) in [6.45, 7) is 0. The number of amides is 2. The number of carboxylic acid groups (broad SMARTS) is 1. The predicted molar refractivity (Wildman–Crippen MR) is 61.9 cm³/mol. The van der Waals surface area contributed by atoms with Crippen molar-refractivity contribution in [2.24, 2.45) is 5.73 Å². The van der Waals surface area contributed by atoms with Crippen molar-refractivity contribution >= 4 is 29.4 Å². The second-order valence-corrected chi connectivity index (χ2v) is 3.80. The maximum Gasteiger partial charge on any atom is 0.326 e. The molecule has 0 aliphatic heterocycles. The average molecular weight is 272 g/mol. The van der Waals surface area contributed by atoms with Crippen LogP contribution in [0.4, 0.5) is 0 Å². The third-order valence-corrected chi connectivity index (χ3v) is 2.35. The topological polar surface area (TPSA) is 122 Å². The number of carbonyl (C=O) groups excluding carboxylic acids is 2. The molecule has 0 aliphatic carbocycles. The zero-order valence-electron chi connectivity index (χ0n) is 9.09. The fourth-order valence-corrected chi connectivity index (χ4v) is 1.37. The summed E-state index contributed by atoms with van der Waals surface area (Å²) in [4.78, 5) is 36.9. The van der Waals surface area contributed by atoms with Crippen molar-refractivity contribution in [3.05, 3.63) is 29.0 Å². The van der Waals surface area contributed by atoms with E-state index in [4.69, 9.17) is 22.4 Å². The minimum absolute atomic E-state index is 0.0230. The first kappa shape index (κ1) is 13.9. The second-order valence-electron chi connectivity index (χ2n) is 3.39. The molecule has 0 aliphatic rings. The molecule has 0 aromatic carbocycles. The van der Waals surface area contributed by atoms with Gasteiger partial charge in [-0.2, -0.15) is 0 Å². The third-order valence-electron chi connectivity index (χ3n) is 2.02. The van der Waals surface area contributed by atoms with Gasteiger partial charge in [-0.05, 0) is 6.07 Å². The Hall–Kier alpha value is -2.15. The van der Waals surface area contributed by atoms with Gasteiger partial charge in [0.25, 0.3) is 5.91 Å². The SMILES string of the molecule is NC(=O)C[C@@H](NC(=O)c1cnccc1Cl)C(=O)O. The molecule has 0 unspecified atom stereocenters. The van der Waals surface area contributed by atoms with E-state index < -0.39 is 30.2 Å². The maximum absolute atomic E-state index is 11.7. The summed E-state index contributed by atoms with van der Waals surface area (Å²) in [5.41, 5.74) is 4.91. The number of nitrogens with one attached hydrogen (secondary N) is 1. The van der Waals surface area contributed by atoms with E-state index in [2.05, 4.69) is 10.3 Å². The van der Waals surface area contributed by atoms with Gasteiger partial charge in [-0.3, -0.25) is 14.6 Å². The van der Waals surface area contributed by atoms with Gasteiger partial charge in [0.2, 0.25) is 5.91 Å². The molecule has 7 nitrogen and oxygen atoms in total. The lowest BCUT2D eigenvalue weighted by Crippen LogP contribution is -2.43. The lowest BCUT2D eigenvalue weighted by atomic mass is 10.2. The fraction of sp³-hybridized carbons (Fsp3) is 0.200. The molecular weight excluding hydrogens is 262 g/mol.